The number of halogens is 1. The molecule has 3 rings (SSSR count). The van der Waals surface area contributed by atoms with Crippen LogP contribution < -0.4 is 0 Å². The normalized spacial score (nSPS) is 32.5. The summed E-state index contributed by atoms with van der Waals surface area (Å²) in [4.78, 5) is 16.6. The van der Waals surface area contributed by atoms with Crippen LogP contribution in [0.5, 0.6) is 0 Å². The van der Waals surface area contributed by atoms with Crippen molar-refractivity contribution in [3.05, 3.63) is 0 Å². The molecule has 0 aromatic carbocycles. The van der Waals surface area contributed by atoms with Gasteiger partial charge in [-0.05, 0) is 51.9 Å². The average molecular weight is 387 g/mol. The van der Waals surface area contributed by atoms with E-state index in [1.165, 1.54) is 20.0 Å². The maximum Gasteiger partial charge on any atom is 0.308 e. The first kappa shape index (κ1) is 21.0. The van der Waals surface area contributed by atoms with E-state index in [1.807, 2.05) is 6.92 Å². The van der Waals surface area contributed by atoms with Crippen LogP contribution in [0.1, 0.15) is 51.9 Å². The molecular weight excluding hydrogens is 351 g/mol. The van der Waals surface area contributed by atoms with Crippen molar-refractivity contribution in [2.24, 2.45) is 11.8 Å². The molecule has 1 aliphatic carbocycles. The summed E-state index contributed by atoms with van der Waals surface area (Å²) >= 11 is 0. The van der Waals surface area contributed by atoms with Gasteiger partial charge in [-0.3, -0.25) is 14.6 Å². The van der Waals surface area contributed by atoms with Crippen molar-refractivity contribution in [2.75, 3.05) is 39.9 Å². The molecule has 27 heavy (non-hydrogen) atoms. The van der Waals surface area contributed by atoms with Crippen molar-refractivity contribution >= 4 is 5.97 Å². The van der Waals surface area contributed by atoms with Crippen LogP contribution in [-0.2, 0) is 19.0 Å². The molecule has 0 radical (unpaired) electrons. The van der Waals surface area contributed by atoms with Crippen LogP contribution in [-0.4, -0.2) is 74.5 Å². The van der Waals surface area contributed by atoms with E-state index in [-0.39, 0.29) is 30.3 Å². The van der Waals surface area contributed by atoms with Gasteiger partial charge in [0.05, 0.1) is 18.6 Å². The molecule has 7 heteroatoms. The summed E-state index contributed by atoms with van der Waals surface area (Å²) in [6, 6.07) is 0. The summed E-state index contributed by atoms with van der Waals surface area (Å²) in [7, 11) is 1.43. The van der Waals surface area contributed by atoms with E-state index in [4.69, 9.17) is 14.2 Å². The Morgan fingerprint density at radius 3 is 2.41 bits per heavy atom. The van der Waals surface area contributed by atoms with Crippen LogP contribution in [0.15, 0.2) is 0 Å². The molecule has 0 spiro atoms. The fraction of sp³-hybridized carbons (Fsp3) is 0.950. The van der Waals surface area contributed by atoms with E-state index in [1.54, 1.807) is 0 Å². The number of likely N-dealkylation sites (tertiary alicyclic amines) is 2. The lowest BCUT2D eigenvalue weighted by Gasteiger charge is -2.39. The highest BCUT2D eigenvalue weighted by molar-refractivity contribution is 5.72. The number of hydrogen-bond acceptors (Lipinski definition) is 6. The first-order chi connectivity index (χ1) is 13.1. The molecule has 3 fully saturated rings. The van der Waals surface area contributed by atoms with Crippen LogP contribution in [0, 0.1) is 11.8 Å². The number of rotatable bonds is 8. The highest BCUT2D eigenvalue weighted by atomic mass is 19.1. The Hall–Kier alpha value is -0.760. The van der Waals surface area contributed by atoms with Crippen LogP contribution in [0.3, 0.4) is 0 Å². The highest BCUT2D eigenvalue weighted by Gasteiger charge is 2.39. The molecular formula is C20H35FN2O4. The lowest BCUT2D eigenvalue weighted by Crippen LogP contribution is -2.50. The smallest absolute Gasteiger partial charge is 0.308 e. The summed E-state index contributed by atoms with van der Waals surface area (Å²) in [6.45, 7) is 5.88. The number of methoxy groups -OCH3 is 1. The van der Waals surface area contributed by atoms with Crippen molar-refractivity contribution in [1.82, 2.24) is 9.80 Å². The number of esters is 1. The molecule has 2 aliphatic heterocycles. The largest absolute Gasteiger partial charge is 0.466 e. The van der Waals surface area contributed by atoms with Crippen molar-refractivity contribution < 1.29 is 23.4 Å². The minimum atomic E-state index is -1.20. The van der Waals surface area contributed by atoms with Crippen molar-refractivity contribution in [2.45, 2.75) is 70.7 Å². The highest BCUT2D eigenvalue weighted by Crippen LogP contribution is 2.32. The zero-order valence-corrected chi connectivity index (χ0v) is 16.8. The Morgan fingerprint density at radius 1 is 1.07 bits per heavy atom. The predicted molar refractivity (Wildman–Crippen MR) is 99.6 cm³/mol. The van der Waals surface area contributed by atoms with E-state index in [0.717, 1.165) is 51.7 Å². The van der Waals surface area contributed by atoms with Crippen LogP contribution in [0.25, 0.3) is 0 Å². The Balaban J connectivity index is 1.55. The fourth-order valence-electron chi connectivity index (χ4n) is 4.65. The molecule has 3 aliphatic rings. The SMILES string of the molecule is CCOC(=O)C1CCC(OC(N2CCCC2)N2CC[C@H](C(F)OC)C2)CC1. The molecule has 3 atom stereocenters. The molecule has 156 valence electrons. The van der Waals surface area contributed by atoms with Gasteiger partial charge in [-0.1, -0.05) is 0 Å². The number of hydrogen-bond donors (Lipinski definition) is 0. The van der Waals surface area contributed by atoms with Gasteiger partial charge < -0.3 is 14.2 Å². The number of ether oxygens (including phenoxy) is 3. The van der Waals surface area contributed by atoms with Gasteiger partial charge in [0.25, 0.3) is 0 Å². The lowest BCUT2D eigenvalue weighted by molar-refractivity contribution is -0.181. The quantitative estimate of drug-likeness (QED) is 0.598. The molecule has 0 bridgehead atoms. The first-order valence-corrected chi connectivity index (χ1v) is 10.6. The average Bonchev–Trinajstić information content (AvgIpc) is 3.38. The van der Waals surface area contributed by atoms with E-state index in [9.17, 15) is 9.18 Å². The Bertz CT molecular complexity index is 467. The van der Waals surface area contributed by atoms with Crippen LogP contribution in [0.2, 0.25) is 0 Å². The van der Waals surface area contributed by atoms with Gasteiger partial charge in [0.15, 0.2) is 6.35 Å². The maximum atomic E-state index is 13.9. The molecule has 6 nitrogen and oxygen atoms in total. The second-order valence-electron chi connectivity index (χ2n) is 8.06. The molecule has 0 aromatic heterocycles. The van der Waals surface area contributed by atoms with Gasteiger partial charge >= 0.3 is 5.97 Å². The van der Waals surface area contributed by atoms with Gasteiger partial charge in [-0.15, -0.1) is 0 Å². The van der Waals surface area contributed by atoms with E-state index in [0.29, 0.717) is 13.2 Å². The van der Waals surface area contributed by atoms with Crippen LogP contribution in [0.4, 0.5) is 4.39 Å². The minimum absolute atomic E-state index is 0.0141. The number of carbonyl (C=O) groups excluding carboxylic acids is 1. The van der Waals surface area contributed by atoms with E-state index < -0.39 is 6.36 Å². The summed E-state index contributed by atoms with van der Waals surface area (Å²) < 4.78 is 30.6. The third-order valence-electron chi connectivity index (χ3n) is 6.23. The minimum Gasteiger partial charge on any atom is -0.466 e. The molecule has 0 amide bonds. The topological polar surface area (TPSA) is 51.2 Å². The van der Waals surface area contributed by atoms with Gasteiger partial charge in [0.2, 0.25) is 6.36 Å². The fourth-order valence-corrected chi connectivity index (χ4v) is 4.65. The predicted octanol–water partition coefficient (Wildman–Crippen LogP) is 2.77. The monoisotopic (exact) mass is 386 g/mol. The summed E-state index contributed by atoms with van der Waals surface area (Å²) in [5, 5.41) is 0. The zero-order chi connectivity index (χ0) is 19.2. The van der Waals surface area contributed by atoms with Crippen molar-refractivity contribution in [3.63, 3.8) is 0 Å². The maximum absolute atomic E-state index is 13.9. The Labute approximate surface area is 162 Å². The van der Waals surface area contributed by atoms with E-state index in [2.05, 4.69) is 9.80 Å². The number of alkyl halides is 1. The third-order valence-corrected chi connectivity index (χ3v) is 6.23. The molecule has 2 saturated heterocycles. The van der Waals surface area contributed by atoms with Crippen molar-refractivity contribution in [1.29, 1.82) is 0 Å². The molecule has 2 heterocycles. The van der Waals surface area contributed by atoms with Crippen molar-refractivity contribution in [3.8, 4) is 0 Å². The molecule has 2 unspecified atom stereocenters. The number of nitrogens with zero attached hydrogens (tertiary/aromatic N) is 2. The van der Waals surface area contributed by atoms with Gasteiger partial charge in [-0.25, -0.2) is 4.39 Å². The second kappa shape index (κ2) is 10.1. The number of carbonyl (C=O) groups is 1. The summed E-state index contributed by atoms with van der Waals surface area (Å²) in [6.07, 6.45) is 5.49. The molecule has 0 N–H and O–H groups in total. The zero-order valence-electron chi connectivity index (χ0n) is 16.8. The van der Waals surface area contributed by atoms with E-state index >= 15 is 0 Å². The summed E-state index contributed by atoms with van der Waals surface area (Å²) in [5.74, 6) is -0.133. The standard InChI is InChI=1S/C20H35FN2O4/c1-3-26-19(24)15-6-8-17(9-7-15)27-20(22-11-4-5-12-22)23-13-10-16(14-23)18(21)25-2/h15-18,20H,3-14H2,1-2H3/t15?,16-,17?,18?,20?/m0/s1. The van der Waals surface area contributed by atoms with Crippen LogP contribution >= 0.6 is 0 Å². The van der Waals surface area contributed by atoms with Gasteiger partial charge in [0.1, 0.15) is 0 Å². The first-order valence-electron chi connectivity index (χ1n) is 10.6. The Kier molecular flexibility index (Phi) is 7.87. The lowest BCUT2D eigenvalue weighted by atomic mass is 9.87. The second-order valence-corrected chi connectivity index (χ2v) is 8.06. The van der Waals surface area contributed by atoms with Gasteiger partial charge in [-0.2, -0.15) is 0 Å². The Morgan fingerprint density at radius 2 is 1.78 bits per heavy atom. The summed E-state index contributed by atoms with van der Waals surface area (Å²) in [5.41, 5.74) is 0. The van der Waals surface area contributed by atoms with Gasteiger partial charge in [0, 0.05) is 39.2 Å². The third kappa shape index (κ3) is 5.40. The molecule has 0 aromatic rings. The molecule has 1 saturated carbocycles.